The molecule has 4 atom stereocenters. The third-order valence-electron chi connectivity index (χ3n) is 8.69. The highest BCUT2D eigenvalue weighted by Crippen LogP contribution is 2.62. The van der Waals surface area contributed by atoms with Gasteiger partial charge in [-0.1, -0.05) is 85.5 Å². The maximum absolute atomic E-state index is 14.9. The first-order chi connectivity index (χ1) is 20.6. The molecule has 42 heavy (non-hydrogen) atoms. The lowest BCUT2D eigenvalue weighted by molar-refractivity contribution is -0.122. The van der Waals surface area contributed by atoms with Gasteiger partial charge < -0.3 is 15.0 Å². The topological polar surface area (TPSA) is 75.7 Å². The average molecular weight is 553 g/mol. The van der Waals surface area contributed by atoms with Crippen molar-refractivity contribution in [2.24, 2.45) is 5.92 Å². The third kappa shape index (κ3) is 3.68. The smallest absolute Gasteiger partial charge is 0.238 e. The molecule has 1 fully saturated rings. The van der Waals surface area contributed by atoms with Crippen LogP contribution in [-0.4, -0.2) is 35.0 Å². The van der Waals surface area contributed by atoms with Crippen molar-refractivity contribution in [1.82, 2.24) is 4.90 Å². The van der Waals surface area contributed by atoms with Crippen LogP contribution in [0.1, 0.15) is 43.4 Å². The largest absolute Gasteiger partial charge is 0.490 e. The molecule has 0 saturated carbocycles. The Morgan fingerprint density at radius 2 is 1.55 bits per heavy atom. The summed E-state index contributed by atoms with van der Waals surface area (Å²) in [5.74, 6) is -1.18. The number of hydrogen-bond donors (Lipinski definition) is 1. The van der Waals surface area contributed by atoms with Crippen LogP contribution in [0, 0.1) is 5.92 Å². The monoisotopic (exact) mass is 552 g/mol. The fourth-order valence-corrected chi connectivity index (χ4v) is 6.99. The van der Waals surface area contributed by atoms with Crippen LogP contribution in [0.5, 0.6) is 5.75 Å². The van der Waals surface area contributed by atoms with Gasteiger partial charge in [0, 0.05) is 23.0 Å². The summed E-state index contributed by atoms with van der Waals surface area (Å²) in [6.45, 7) is 4.02. The van der Waals surface area contributed by atoms with Crippen molar-refractivity contribution in [3.05, 3.63) is 150 Å². The van der Waals surface area contributed by atoms with Gasteiger partial charge in [-0.05, 0) is 53.1 Å². The Morgan fingerprint density at radius 3 is 2.33 bits per heavy atom. The van der Waals surface area contributed by atoms with Crippen LogP contribution in [0.25, 0.3) is 6.08 Å². The summed E-state index contributed by atoms with van der Waals surface area (Å²) in [5.41, 5.74) is 2.78. The van der Waals surface area contributed by atoms with Crippen molar-refractivity contribution in [2.45, 2.75) is 17.5 Å². The SMILES string of the molecule is C=CCOc1ccc(C(=O)[C@@H]2[C@H](C(=O)c3ccccc3)N3C=Cc4ccccc4[C@H]3[C@]23C(=O)Nc2ccccc23)cc1. The third-order valence-corrected chi connectivity index (χ3v) is 8.69. The molecule has 1 spiro atoms. The summed E-state index contributed by atoms with van der Waals surface area (Å²) in [7, 11) is 0. The molecule has 3 aliphatic rings. The number of para-hydroxylation sites is 1. The van der Waals surface area contributed by atoms with Gasteiger partial charge in [-0.3, -0.25) is 14.4 Å². The summed E-state index contributed by atoms with van der Waals surface area (Å²) in [6, 6.07) is 29.8. The number of nitrogens with zero attached hydrogens (tertiary/aromatic N) is 1. The van der Waals surface area contributed by atoms with Crippen LogP contribution in [0.4, 0.5) is 5.69 Å². The van der Waals surface area contributed by atoms with E-state index in [4.69, 9.17) is 4.74 Å². The van der Waals surface area contributed by atoms with E-state index in [-0.39, 0.29) is 17.5 Å². The second-order valence-electron chi connectivity index (χ2n) is 10.8. The van der Waals surface area contributed by atoms with Crippen LogP contribution in [-0.2, 0) is 10.2 Å². The number of amides is 1. The van der Waals surface area contributed by atoms with Crippen molar-refractivity contribution in [3.8, 4) is 5.75 Å². The van der Waals surface area contributed by atoms with E-state index in [1.165, 1.54) is 0 Å². The molecule has 0 aliphatic carbocycles. The van der Waals surface area contributed by atoms with Crippen molar-refractivity contribution >= 4 is 29.2 Å². The standard InChI is InChI=1S/C36H28N2O4/c1-2-22-42-26-18-16-25(17-19-26)32(39)30-31(33(40)24-11-4-3-5-12-24)38-21-20-23-10-6-7-13-27(23)34(38)36(30)28-14-8-9-15-29(28)37-35(36)41/h2-21,30-31,34H,1,22H2,(H,37,41)/t30-,31+,34-,36+/m0/s1. The Balaban J connectivity index is 1.48. The first kappa shape index (κ1) is 25.7. The molecule has 0 unspecified atom stereocenters. The zero-order valence-corrected chi connectivity index (χ0v) is 22.8. The summed E-state index contributed by atoms with van der Waals surface area (Å²) in [5, 5.41) is 3.08. The number of Topliss-reactive ketones (excluding diaryl/α,β-unsaturated/α-hetero) is 2. The van der Waals surface area contributed by atoms with E-state index in [1.807, 2.05) is 83.9 Å². The minimum atomic E-state index is -1.36. The maximum Gasteiger partial charge on any atom is 0.238 e. The van der Waals surface area contributed by atoms with E-state index < -0.39 is 23.4 Å². The average Bonchev–Trinajstić information content (AvgIpc) is 3.52. The second-order valence-corrected chi connectivity index (χ2v) is 10.8. The van der Waals surface area contributed by atoms with Gasteiger partial charge in [-0.2, -0.15) is 0 Å². The van der Waals surface area contributed by atoms with Gasteiger partial charge in [0.15, 0.2) is 11.6 Å². The molecule has 4 aromatic carbocycles. The molecule has 0 radical (unpaired) electrons. The van der Waals surface area contributed by atoms with E-state index in [2.05, 4.69) is 11.9 Å². The first-order valence-corrected chi connectivity index (χ1v) is 14.0. The normalized spacial score (nSPS) is 23.1. The molecule has 7 rings (SSSR count). The molecule has 206 valence electrons. The Morgan fingerprint density at radius 1 is 0.857 bits per heavy atom. The van der Waals surface area contributed by atoms with Crippen molar-refractivity contribution in [3.63, 3.8) is 0 Å². The molecule has 6 nitrogen and oxygen atoms in total. The number of benzene rings is 4. The van der Waals surface area contributed by atoms with Crippen LogP contribution in [0.15, 0.2) is 122 Å². The highest BCUT2D eigenvalue weighted by atomic mass is 16.5. The molecular formula is C36H28N2O4. The van der Waals surface area contributed by atoms with Gasteiger partial charge >= 0.3 is 0 Å². The fourth-order valence-electron chi connectivity index (χ4n) is 6.99. The Labute approximate surface area is 243 Å². The highest BCUT2D eigenvalue weighted by molar-refractivity contribution is 6.16. The first-order valence-electron chi connectivity index (χ1n) is 14.0. The molecule has 4 aromatic rings. The zero-order chi connectivity index (χ0) is 28.8. The number of fused-ring (bicyclic) bond motifs is 6. The number of carbonyl (C=O) groups excluding carboxylic acids is 3. The lowest BCUT2D eigenvalue weighted by atomic mass is 9.62. The number of nitrogens with one attached hydrogen (secondary N) is 1. The van der Waals surface area contributed by atoms with E-state index in [0.717, 1.165) is 16.7 Å². The van der Waals surface area contributed by atoms with E-state index in [1.54, 1.807) is 42.5 Å². The fraction of sp³-hybridized carbons (Fsp3) is 0.139. The van der Waals surface area contributed by atoms with E-state index >= 15 is 0 Å². The predicted octanol–water partition coefficient (Wildman–Crippen LogP) is 6.23. The predicted molar refractivity (Wildman–Crippen MR) is 161 cm³/mol. The highest BCUT2D eigenvalue weighted by Gasteiger charge is 2.70. The van der Waals surface area contributed by atoms with E-state index in [9.17, 15) is 14.4 Å². The van der Waals surface area contributed by atoms with Crippen molar-refractivity contribution < 1.29 is 19.1 Å². The van der Waals surface area contributed by atoms with Crippen LogP contribution >= 0.6 is 0 Å². The Kier molecular flexibility index (Phi) is 6.12. The molecule has 1 amide bonds. The minimum Gasteiger partial charge on any atom is -0.490 e. The summed E-state index contributed by atoms with van der Waals surface area (Å²) < 4.78 is 5.64. The number of carbonyl (C=O) groups is 3. The van der Waals surface area contributed by atoms with Crippen LogP contribution in [0.3, 0.4) is 0 Å². The lowest BCUT2D eigenvalue weighted by Crippen LogP contribution is -2.49. The van der Waals surface area contributed by atoms with Gasteiger partial charge in [0.1, 0.15) is 23.8 Å². The van der Waals surface area contributed by atoms with E-state index in [0.29, 0.717) is 29.2 Å². The maximum atomic E-state index is 14.9. The van der Waals surface area contributed by atoms with Gasteiger partial charge in [-0.25, -0.2) is 0 Å². The Bertz CT molecular complexity index is 1760. The number of ether oxygens (including phenoxy) is 1. The van der Waals surface area contributed by atoms with Crippen LogP contribution < -0.4 is 10.1 Å². The lowest BCUT2D eigenvalue weighted by Gasteiger charge is -2.38. The van der Waals surface area contributed by atoms with Gasteiger partial charge in [0.05, 0.1) is 12.0 Å². The molecule has 3 heterocycles. The second kappa shape index (κ2) is 10.00. The molecule has 1 N–H and O–H groups in total. The zero-order valence-electron chi connectivity index (χ0n) is 22.8. The summed E-state index contributed by atoms with van der Waals surface area (Å²) >= 11 is 0. The quantitative estimate of drug-likeness (QED) is 0.217. The molecule has 3 aliphatic heterocycles. The minimum absolute atomic E-state index is 0.206. The molecule has 1 saturated heterocycles. The summed E-state index contributed by atoms with van der Waals surface area (Å²) in [4.78, 5) is 45.8. The Hall–Kier alpha value is -5.23. The number of rotatable bonds is 7. The molecular weight excluding hydrogens is 524 g/mol. The number of hydrogen-bond acceptors (Lipinski definition) is 5. The van der Waals surface area contributed by atoms with Crippen LogP contribution in [0.2, 0.25) is 0 Å². The van der Waals surface area contributed by atoms with Crippen molar-refractivity contribution in [1.29, 1.82) is 0 Å². The summed E-state index contributed by atoms with van der Waals surface area (Å²) in [6.07, 6.45) is 5.50. The number of anilines is 1. The molecule has 0 bridgehead atoms. The van der Waals surface area contributed by atoms with Gasteiger partial charge in [0.2, 0.25) is 5.91 Å². The molecule has 0 aromatic heterocycles. The van der Waals surface area contributed by atoms with Gasteiger partial charge in [0.25, 0.3) is 0 Å². The van der Waals surface area contributed by atoms with Crippen molar-refractivity contribution in [2.75, 3.05) is 11.9 Å². The number of ketones is 2. The molecule has 6 heteroatoms. The van der Waals surface area contributed by atoms with Gasteiger partial charge in [-0.15, -0.1) is 0 Å².